The van der Waals surface area contributed by atoms with Gasteiger partial charge < -0.3 is 14.7 Å². The summed E-state index contributed by atoms with van der Waals surface area (Å²) in [5.41, 5.74) is 0. The van der Waals surface area contributed by atoms with Gasteiger partial charge in [0.15, 0.2) is 0 Å². The lowest BCUT2D eigenvalue weighted by atomic mass is 10.1. The van der Waals surface area contributed by atoms with E-state index in [1.54, 1.807) is 4.90 Å². The summed E-state index contributed by atoms with van der Waals surface area (Å²) in [5.74, 6) is -0.829. The highest BCUT2D eigenvalue weighted by Gasteiger charge is 2.17. The highest BCUT2D eigenvalue weighted by Crippen LogP contribution is 2.09. The number of carbonyl (C=O) groups is 2. The molecule has 0 atom stereocenters. The number of likely N-dealkylation sites (tertiary alicyclic amines) is 1. The summed E-state index contributed by atoms with van der Waals surface area (Å²) in [5, 5.41) is 8.30. The molecule has 1 aliphatic rings. The van der Waals surface area contributed by atoms with E-state index in [9.17, 15) is 9.59 Å². The van der Waals surface area contributed by atoms with Gasteiger partial charge in [0, 0.05) is 19.5 Å². The third kappa shape index (κ3) is 3.74. The van der Waals surface area contributed by atoms with Gasteiger partial charge in [-0.15, -0.1) is 0 Å². The molecule has 1 fully saturated rings. The van der Waals surface area contributed by atoms with Gasteiger partial charge in [0.25, 0.3) is 0 Å². The van der Waals surface area contributed by atoms with E-state index >= 15 is 0 Å². The number of carboxylic acid groups (broad SMARTS) is 1. The first-order chi connectivity index (χ1) is 6.70. The Balaban J connectivity index is 2.10. The predicted molar refractivity (Wildman–Crippen MR) is 48.9 cm³/mol. The molecule has 1 rings (SSSR count). The van der Waals surface area contributed by atoms with Gasteiger partial charge in [-0.3, -0.25) is 4.79 Å². The second-order valence-corrected chi connectivity index (χ2v) is 3.28. The topological polar surface area (TPSA) is 66.8 Å². The molecule has 80 valence electrons. The summed E-state index contributed by atoms with van der Waals surface area (Å²) >= 11 is 0. The maximum Gasteiger partial charge on any atom is 0.329 e. The van der Waals surface area contributed by atoms with Crippen molar-refractivity contribution in [1.82, 2.24) is 4.90 Å². The molecule has 0 saturated carbocycles. The summed E-state index contributed by atoms with van der Waals surface area (Å²) in [4.78, 5) is 23.1. The molecule has 0 bridgehead atoms. The molecule has 0 aromatic carbocycles. The average molecular weight is 201 g/mol. The van der Waals surface area contributed by atoms with Crippen LogP contribution in [0.15, 0.2) is 0 Å². The lowest BCUT2D eigenvalue weighted by Gasteiger charge is -2.26. The van der Waals surface area contributed by atoms with Crippen molar-refractivity contribution >= 4 is 11.9 Å². The number of ether oxygens (including phenoxy) is 1. The van der Waals surface area contributed by atoms with Crippen molar-refractivity contribution in [2.75, 3.05) is 26.3 Å². The van der Waals surface area contributed by atoms with Crippen LogP contribution in [-0.4, -0.2) is 48.2 Å². The Morgan fingerprint density at radius 2 is 2.29 bits per heavy atom. The minimum atomic E-state index is -0.977. The van der Waals surface area contributed by atoms with Crippen LogP contribution in [0.25, 0.3) is 0 Å². The summed E-state index contributed by atoms with van der Waals surface area (Å²) in [6.07, 6.45) is 2.61. The summed E-state index contributed by atoms with van der Waals surface area (Å²) < 4.78 is 4.85. The minimum absolute atomic E-state index is 0.148. The highest BCUT2D eigenvalue weighted by atomic mass is 16.5. The van der Waals surface area contributed by atoms with Gasteiger partial charge >= 0.3 is 5.97 Å². The summed E-state index contributed by atoms with van der Waals surface area (Å²) in [6.45, 7) is 1.29. The van der Waals surface area contributed by atoms with Gasteiger partial charge in [-0.2, -0.15) is 0 Å². The van der Waals surface area contributed by atoms with E-state index in [1.165, 1.54) is 0 Å². The minimum Gasteiger partial charge on any atom is -0.480 e. The number of carboxylic acids is 1. The standard InChI is InChI=1S/C9H15NO4/c11-8-3-1-2-4-10(8)5-6-14-7-9(12)13/h1-7H2,(H,12,13). The molecule has 0 unspecified atom stereocenters. The zero-order valence-electron chi connectivity index (χ0n) is 8.07. The van der Waals surface area contributed by atoms with E-state index < -0.39 is 5.97 Å². The predicted octanol–water partition coefficient (Wildman–Crippen LogP) is 0.100. The molecule has 1 amide bonds. The van der Waals surface area contributed by atoms with Gasteiger partial charge in [-0.1, -0.05) is 0 Å². The monoisotopic (exact) mass is 201 g/mol. The highest BCUT2D eigenvalue weighted by molar-refractivity contribution is 5.76. The van der Waals surface area contributed by atoms with Crippen molar-refractivity contribution in [1.29, 1.82) is 0 Å². The van der Waals surface area contributed by atoms with E-state index in [0.717, 1.165) is 19.4 Å². The Morgan fingerprint density at radius 3 is 2.93 bits per heavy atom. The second-order valence-electron chi connectivity index (χ2n) is 3.28. The normalized spacial score (nSPS) is 17.1. The molecule has 1 heterocycles. The van der Waals surface area contributed by atoms with E-state index in [4.69, 9.17) is 9.84 Å². The van der Waals surface area contributed by atoms with E-state index in [2.05, 4.69) is 0 Å². The second kappa shape index (κ2) is 5.59. The molecule has 1 N–H and O–H groups in total. The van der Waals surface area contributed by atoms with Crippen LogP contribution in [0.3, 0.4) is 0 Å². The van der Waals surface area contributed by atoms with Crippen LogP contribution in [0.4, 0.5) is 0 Å². The number of piperidine rings is 1. The Labute approximate surface area is 82.6 Å². The molecule has 0 aromatic heterocycles. The van der Waals surface area contributed by atoms with Crippen molar-refractivity contribution in [3.05, 3.63) is 0 Å². The van der Waals surface area contributed by atoms with Crippen molar-refractivity contribution in [2.24, 2.45) is 0 Å². The van der Waals surface area contributed by atoms with Crippen molar-refractivity contribution in [2.45, 2.75) is 19.3 Å². The first-order valence-corrected chi connectivity index (χ1v) is 4.77. The lowest BCUT2D eigenvalue weighted by Crippen LogP contribution is -2.37. The Morgan fingerprint density at radius 1 is 1.50 bits per heavy atom. The Kier molecular flexibility index (Phi) is 4.39. The van der Waals surface area contributed by atoms with Gasteiger partial charge in [-0.05, 0) is 12.8 Å². The molecule has 1 aliphatic heterocycles. The molecule has 1 saturated heterocycles. The molecule has 0 spiro atoms. The van der Waals surface area contributed by atoms with E-state index in [0.29, 0.717) is 19.6 Å². The maximum atomic E-state index is 11.3. The maximum absolute atomic E-state index is 11.3. The van der Waals surface area contributed by atoms with Crippen LogP contribution in [-0.2, 0) is 14.3 Å². The molecule has 0 aliphatic carbocycles. The third-order valence-electron chi connectivity index (χ3n) is 2.15. The molecule has 14 heavy (non-hydrogen) atoms. The fraction of sp³-hybridized carbons (Fsp3) is 0.778. The van der Waals surface area contributed by atoms with Crippen LogP contribution in [0.5, 0.6) is 0 Å². The number of hydrogen-bond donors (Lipinski definition) is 1. The van der Waals surface area contributed by atoms with Crippen LogP contribution in [0, 0.1) is 0 Å². The number of carbonyl (C=O) groups excluding carboxylic acids is 1. The first kappa shape index (κ1) is 11.0. The summed E-state index contributed by atoms with van der Waals surface area (Å²) in [6, 6.07) is 0. The van der Waals surface area contributed by atoms with Gasteiger partial charge in [0.05, 0.1) is 6.61 Å². The van der Waals surface area contributed by atoms with Gasteiger partial charge in [0.1, 0.15) is 6.61 Å². The number of rotatable bonds is 5. The number of aliphatic carboxylic acids is 1. The van der Waals surface area contributed by atoms with Gasteiger partial charge in [-0.25, -0.2) is 4.79 Å². The third-order valence-corrected chi connectivity index (χ3v) is 2.15. The SMILES string of the molecule is O=C(O)COCCN1CCCCC1=O. The first-order valence-electron chi connectivity index (χ1n) is 4.77. The van der Waals surface area contributed by atoms with Crippen molar-refractivity contribution < 1.29 is 19.4 Å². The fourth-order valence-electron chi connectivity index (χ4n) is 1.43. The molecular weight excluding hydrogens is 186 g/mol. The average Bonchev–Trinajstić information content (AvgIpc) is 2.15. The van der Waals surface area contributed by atoms with Crippen LogP contribution < -0.4 is 0 Å². The smallest absolute Gasteiger partial charge is 0.329 e. The van der Waals surface area contributed by atoms with Crippen LogP contribution >= 0.6 is 0 Å². The Bertz CT molecular complexity index is 217. The quantitative estimate of drug-likeness (QED) is 0.641. The summed E-state index contributed by atoms with van der Waals surface area (Å²) in [7, 11) is 0. The fourth-order valence-corrected chi connectivity index (χ4v) is 1.43. The molecule has 0 aromatic rings. The number of hydrogen-bond acceptors (Lipinski definition) is 3. The molecule has 5 heteroatoms. The largest absolute Gasteiger partial charge is 0.480 e. The number of amides is 1. The van der Waals surface area contributed by atoms with Crippen LogP contribution in [0.2, 0.25) is 0 Å². The molecule has 0 radical (unpaired) electrons. The molecule has 5 nitrogen and oxygen atoms in total. The van der Waals surface area contributed by atoms with E-state index in [1.807, 2.05) is 0 Å². The van der Waals surface area contributed by atoms with Crippen LogP contribution in [0.1, 0.15) is 19.3 Å². The number of nitrogens with zero attached hydrogens (tertiary/aromatic N) is 1. The molecular formula is C9H15NO4. The zero-order chi connectivity index (χ0) is 10.4. The van der Waals surface area contributed by atoms with Gasteiger partial charge in [0.2, 0.25) is 5.91 Å². The zero-order valence-corrected chi connectivity index (χ0v) is 8.07. The van der Waals surface area contributed by atoms with E-state index in [-0.39, 0.29) is 12.5 Å². The van der Waals surface area contributed by atoms with Crippen molar-refractivity contribution in [3.8, 4) is 0 Å². The van der Waals surface area contributed by atoms with Crippen molar-refractivity contribution in [3.63, 3.8) is 0 Å². The Hall–Kier alpha value is -1.10. The lowest BCUT2D eigenvalue weighted by molar-refractivity contribution is -0.142.